The maximum atomic E-state index is 13.7. The standard InChI is InChI=1S/C14H19FN2O/c1-9-3-2-4-13(9)17-8-11-6-5-10(14(16)18)7-12(11)15/h5-7,9,13,17H,2-4,8H2,1H3,(H2,16,18). The van der Waals surface area contributed by atoms with Crippen LogP contribution in [0.1, 0.15) is 42.1 Å². The van der Waals surface area contributed by atoms with Gasteiger partial charge >= 0.3 is 0 Å². The lowest BCUT2D eigenvalue weighted by Gasteiger charge is -2.17. The number of carbonyl (C=O) groups is 1. The van der Waals surface area contributed by atoms with E-state index in [1.54, 1.807) is 12.1 Å². The van der Waals surface area contributed by atoms with Crippen molar-refractivity contribution in [3.63, 3.8) is 0 Å². The summed E-state index contributed by atoms with van der Waals surface area (Å²) >= 11 is 0. The molecule has 98 valence electrons. The fourth-order valence-corrected chi connectivity index (χ4v) is 2.53. The van der Waals surface area contributed by atoms with E-state index >= 15 is 0 Å². The van der Waals surface area contributed by atoms with Crippen molar-refractivity contribution in [2.75, 3.05) is 0 Å². The van der Waals surface area contributed by atoms with Gasteiger partial charge in [0.1, 0.15) is 5.82 Å². The van der Waals surface area contributed by atoms with Gasteiger partial charge in [0.25, 0.3) is 0 Å². The highest BCUT2D eigenvalue weighted by molar-refractivity contribution is 5.92. The van der Waals surface area contributed by atoms with Crippen LogP contribution in [0.2, 0.25) is 0 Å². The SMILES string of the molecule is CC1CCCC1NCc1ccc(C(N)=O)cc1F. The largest absolute Gasteiger partial charge is 0.366 e. The lowest BCUT2D eigenvalue weighted by molar-refractivity contribution is 0.1000. The molecule has 0 heterocycles. The molecule has 0 spiro atoms. The topological polar surface area (TPSA) is 55.1 Å². The zero-order valence-corrected chi connectivity index (χ0v) is 10.6. The molecule has 1 aromatic rings. The summed E-state index contributed by atoms with van der Waals surface area (Å²) in [6, 6.07) is 4.88. The number of benzene rings is 1. The van der Waals surface area contributed by atoms with Gasteiger partial charge in [-0.1, -0.05) is 19.4 Å². The number of primary amides is 1. The first-order valence-corrected chi connectivity index (χ1v) is 6.39. The first-order valence-electron chi connectivity index (χ1n) is 6.39. The minimum atomic E-state index is -0.599. The van der Waals surface area contributed by atoms with Crippen LogP contribution in [0.4, 0.5) is 4.39 Å². The summed E-state index contributed by atoms with van der Waals surface area (Å²) in [6.07, 6.45) is 3.63. The molecule has 0 saturated heterocycles. The summed E-state index contributed by atoms with van der Waals surface area (Å²) in [7, 11) is 0. The molecular formula is C14H19FN2O. The van der Waals surface area contributed by atoms with Crippen molar-refractivity contribution in [1.29, 1.82) is 0 Å². The van der Waals surface area contributed by atoms with Crippen LogP contribution >= 0.6 is 0 Å². The summed E-state index contributed by atoms with van der Waals surface area (Å²) in [5.41, 5.74) is 5.90. The number of rotatable bonds is 4. The van der Waals surface area contributed by atoms with Crippen molar-refractivity contribution in [1.82, 2.24) is 5.32 Å². The molecule has 2 atom stereocenters. The summed E-state index contributed by atoms with van der Waals surface area (Å²) in [5, 5.41) is 3.38. The van der Waals surface area contributed by atoms with E-state index in [0.29, 0.717) is 24.1 Å². The second kappa shape index (κ2) is 5.48. The zero-order valence-electron chi connectivity index (χ0n) is 10.6. The average molecular weight is 250 g/mol. The second-order valence-electron chi connectivity index (χ2n) is 5.07. The molecule has 1 saturated carbocycles. The number of carbonyl (C=O) groups excluding carboxylic acids is 1. The van der Waals surface area contributed by atoms with Crippen molar-refractivity contribution in [2.45, 2.75) is 38.8 Å². The summed E-state index contributed by atoms with van der Waals surface area (Å²) < 4.78 is 13.7. The highest BCUT2D eigenvalue weighted by Gasteiger charge is 2.22. The zero-order chi connectivity index (χ0) is 13.1. The minimum absolute atomic E-state index is 0.213. The maximum Gasteiger partial charge on any atom is 0.248 e. The molecular weight excluding hydrogens is 231 g/mol. The van der Waals surface area contributed by atoms with Crippen LogP contribution in [0, 0.1) is 11.7 Å². The van der Waals surface area contributed by atoms with Gasteiger partial charge < -0.3 is 11.1 Å². The number of hydrogen-bond donors (Lipinski definition) is 2. The van der Waals surface area contributed by atoms with E-state index in [9.17, 15) is 9.18 Å². The second-order valence-corrected chi connectivity index (χ2v) is 5.07. The van der Waals surface area contributed by atoms with E-state index in [2.05, 4.69) is 12.2 Å². The Morgan fingerprint density at radius 2 is 2.28 bits per heavy atom. The van der Waals surface area contributed by atoms with E-state index in [4.69, 9.17) is 5.73 Å². The molecule has 1 fully saturated rings. The van der Waals surface area contributed by atoms with Gasteiger partial charge in [0.15, 0.2) is 0 Å². The molecule has 18 heavy (non-hydrogen) atoms. The Labute approximate surface area is 107 Å². The number of nitrogens with one attached hydrogen (secondary N) is 1. The Hall–Kier alpha value is -1.42. The van der Waals surface area contributed by atoms with Crippen molar-refractivity contribution in [2.24, 2.45) is 11.7 Å². The van der Waals surface area contributed by atoms with Crippen molar-refractivity contribution < 1.29 is 9.18 Å². The van der Waals surface area contributed by atoms with Crippen LogP contribution in [0.3, 0.4) is 0 Å². The summed E-state index contributed by atoms with van der Waals surface area (Å²) in [6.45, 7) is 2.72. The number of halogens is 1. The highest BCUT2D eigenvalue weighted by atomic mass is 19.1. The molecule has 1 amide bonds. The average Bonchev–Trinajstić information content (AvgIpc) is 2.73. The van der Waals surface area contributed by atoms with E-state index in [0.717, 1.165) is 6.42 Å². The summed E-state index contributed by atoms with van der Waals surface area (Å²) in [5.74, 6) is -0.319. The van der Waals surface area contributed by atoms with Gasteiger partial charge in [-0.2, -0.15) is 0 Å². The van der Waals surface area contributed by atoms with Crippen molar-refractivity contribution in [3.8, 4) is 0 Å². The van der Waals surface area contributed by atoms with Crippen molar-refractivity contribution in [3.05, 3.63) is 35.1 Å². The summed E-state index contributed by atoms with van der Waals surface area (Å²) in [4.78, 5) is 10.9. The molecule has 3 nitrogen and oxygen atoms in total. The predicted molar refractivity (Wildman–Crippen MR) is 68.6 cm³/mol. The molecule has 1 aliphatic carbocycles. The first kappa shape index (κ1) is 13.0. The Bertz CT molecular complexity index is 447. The van der Waals surface area contributed by atoms with Crippen LogP contribution in [0.25, 0.3) is 0 Å². The van der Waals surface area contributed by atoms with E-state index in [-0.39, 0.29) is 11.4 Å². The Kier molecular flexibility index (Phi) is 3.97. The lowest BCUT2D eigenvalue weighted by atomic mass is 10.1. The van der Waals surface area contributed by atoms with Crippen LogP contribution < -0.4 is 11.1 Å². The van der Waals surface area contributed by atoms with Crippen LogP contribution in [0.5, 0.6) is 0 Å². The van der Waals surface area contributed by atoms with E-state index in [1.165, 1.54) is 18.9 Å². The Morgan fingerprint density at radius 3 is 2.83 bits per heavy atom. The maximum absolute atomic E-state index is 13.7. The molecule has 1 aromatic carbocycles. The van der Waals surface area contributed by atoms with Crippen molar-refractivity contribution >= 4 is 5.91 Å². The lowest BCUT2D eigenvalue weighted by Crippen LogP contribution is -2.30. The molecule has 2 unspecified atom stereocenters. The molecule has 4 heteroatoms. The highest BCUT2D eigenvalue weighted by Crippen LogP contribution is 2.25. The molecule has 0 aromatic heterocycles. The Balaban J connectivity index is 1.99. The molecule has 1 aliphatic rings. The van der Waals surface area contributed by atoms with Crippen LogP contribution in [-0.4, -0.2) is 11.9 Å². The molecule has 2 rings (SSSR count). The fourth-order valence-electron chi connectivity index (χ4n) is 2.53. The van der Waals surface area contributed by atoms with Gasteiger partial charge in [-0.25, -0.2) is 4.39 Å². The van der Waals surface area contributed by atoms with E-state index in [1.807, 2.05) is 0 Å². The third-order valence-electron chi connectivity index (χ3n) is 3.75. The van der Waals surface area contributed by atoms with Gasteiger partial charge in [-0.05, 0) is 30.9 Å². The number of nitrogens with two attached hydrogens (primary N) is 1. The van der Waals surface area contributed by atoms with Gasteiger partial charge in [-0.3, -0.25) is 4.79 Å². The van der Waals surface area contributed by atoms with Gasteiger partial charge in [0, 0.05) is 23.7 Å². The third-order valence-corrected chi connectivity index (χ3v) is 3.75. The predicted octanol–water partition coefficient (Wildman–Crippen LogP) is 2.20. The molecule has 0 radical (unpaired) electrons. The van der Waals surface area contributed by atoms with Gasteiger partial charge in [-0.15, -0.1) is 0 Å². The number of amides is 1. The first-order chi connectivity index (χ1) is 8.58. The molecule has 3 N–H and O–H groups in total. The molecule has 0 bridgehead atoms. The smallest absolute Gasteiger partial charge is 0.248 e. The van der Waals surface area contributed by atoms with Crippen LogP contribution in [-0.2, 0) is 6.54 Å². The minimum Gasteiger partial charge on any atom is -0.366 e. The van der Waals surface area contributed by atoms with E-state index < -0.39 is 5.91 Å². The Morgan fingerprint density at radius 1 is 1.50 bits per heavy atom. The third kappa shape index (κ3) is 2.88. The monoisotopic (exact) mass is 250 g/mol. The quantitative estimate of drug-likeness (QED) is 0.860. The number of hydrogen-bond acceptors (Lipinski definition) is 2. The fraction of sp³-hybridized carbons (Fsp3) is 0.500. The molecule has 0 aliphatic heterocycles. The van der Waals surface area contributed by atoms with Gasteiger partial charge in [0.2, 0.25) is 5.91 Å². The van der Waals surface area contributed by atoms with Gasteiger partial charge in [0.05, 0.1) is 0 Å². The van der Waals surface area contributed by atoms with Crippen LogP contribution in [0.15, 0.2) is 18.2 Å². The normalized spacial score (nSPS) is 23.2.